The zero-order valence-electron chi connectivity index (χ0n) is 15.0. The highest BCUT2D eigenvalue weighted by Crippen LogP contribution is 2.37. The van der Waals surface area contributed by atoms with E-state index < -0.39 is 5.41 Å². The second kappa shape index (κ2) is 7.31. The molecule has 1 aromatic carbocycles. The number of aromatic amines is 1. The third kappa shape index (κ3) is 3.56. The summed E-state index contributed by atoms with van der Waals surface area (Å²) in [7, 11) is 1.85. The molecule has 0 radical (unpaired) electrons. The second-order valence-electron chi connectivity index (χ2n) is 6.92. The van der Waals surface area contributed by atoms with Crippen molar-refractivity contribution in [2.75, 3.05) is 26.8 Å². The molecule has 1 amide bonds. The summed E-state index contributed by atoms with van der Waals surface area (Å²) in [4.78, 5) is 15.2. The first-order valence-corrected chi connectivity index (χ1v) is 8.67. The van der Waals surface area contributed by atoms with Crippen molar-refractivity contribution < 1.29 is 9.53 Å². The number of hydrogen-bond acceptors (Lipinski definition) is 5. The maximum Gasteiger partial charge on any atom is 0.233 e. The number of rotatable bonds is 5. The largest absolute Gasteiger partial charge is 0.381 e. The van der Waals surface area contributed by atoms with Gasteiger partial charge in [-0.25, -0.2) is 0 Å². The smallest absolute Gasteiger partial charge is 0.233 e. The molecule has 1 unspecified atom stereocenters. The lowest BCUT2D eigenvalue weighted by atomic mass is 9.72. The normalized spacial score (nSPS) is 17.9. The Hall–Kier alpha value is -2.28. The van der Waals surface area contributed by atoms with E-state index in [1.54, 1.807) is 4.90 Å². The molecular weight excluding hydrogens is 318 g/mol. The maximum absolute atomic E-state index is 13.4. The number of carbonyl (C=O) groups excluding carboxylic acids is 1. The number of H-pyrrole nitrogens is 1. The average Bonchev–Trinajstić information content (AvgIpc) is 3.17. The fourth-order valence-corrected chi connectivity index (χ4v) is 3.54. The number of nitrogens with zero attached hydrogens (tertiary/aromatic N) is 4. The summed E-state index contributed by atoms with van der Waals surface area (Å²) in [5.74, 6) is 0.772. The molecular formula is C18H25N5O2. The van der Waals surface area contributed by atoms with Crippen LogP contribution in [0.15, 0.2) is 24.3 Å². The SMILES string of the molecule is Cc1ccc(C2(C(=O)N(C)CC(C)c3nn[nH]n3)CCOCC2)cc1. The van der Waals surface area contributed by atoms with Crippen molar-refractivity contribution in [2.24, 2.45) is 0 Å². The fraction of sp³-hybridized carbons (Fsp3) is 0.556. The summed E-state index contributed by atoms with van der Waals surface area (Å²) in [6, 6.07) is 8.30. The topological polar surface area (TPSA) is 84.0 Å². The van der Waals surface area contributed by atoms with Gasteiger partial charge < -0.3 is 9.64 Å². The van der Waals surface area contributed by atoms with Crippen LogP contribution in [-0.2, 0) is 14.9 Å². The molecule has 1 fully saturated rings. The fourth-order valence-electron chi connectivity index (χ4n) is 3.54. The van der Waals surface area contributed by atoms with Crippen molar-refractivity contribution in [3.8, 4) is 0 Å². The molecule has 1 saturated heterocycles. The quantitative estimate of drug-likeness (QED) is 0.895. The first-order chi connectivity index (χ1) is 12.0. The average molecular weight is 343 g/mol. The summed E-state index contributed by atoms with van der Waals surface area (Å²) in [6.45, 7) is 5.81. The van der Waals surface area contributed by atoms with E-state index in [4.69, 9.17) is 4.74 Å². The van der Waals surface area contributed by atoms with Gasteiger partial charge in [-0.15, -0.1) is 10.2 Å². The van der Waals surface area contributed by atoms with Crippen LogP contribution < -0.4 is 0 Å². The van der Waals surface area contributed by atoms with Crippen LogP contribution in [0.4, 0.5) is 0 Å². The number of carbonyl (C=O) groups is 1. The molecule has 3 rings (SSSR count). The molecule has 2 aromatic rings. The number of hydrogen-bond donors (Lipinski definition) is 1. The molecule has 0 aliphatic carbocycles. The highest BCUT2D eigenvalue weighted by Gasteiger charge is 2.43. The lowest BCUT2D eigenvalue weighted by molar-refractivity contribution is -0.140. The van der Waals surface area contributed by atoms with Gasteiger partial charge in [-0.05, 0) is 25.3 Å². The Bertz CT molecular complexity index is 693. The minimum atomic E-state index is -0.516. The van der Waals surface area contributed by atoms with E-state index in [1.807, 2.05) is 14.0 Å². The number of amides is 1. The number of aryl methyl sites for hydroxylation is 1. The zero-order chi connectivity index (χ0) is 17.9. The maximum atomic E-state index is 13.4. The van der Waals surface area contributed by atoms with E-state index in [0.29, 0.717) is 38.4 Å². The van der Waals surface area contributed by atoms with E-state index in [1.165, 1.54) is 5.56 Å². The molecule has 2 heterocycles. The number of ether oxygens (including phenoxy) is 1. The minimum absolute atomic E-state index is 0.0163. The van der Waals surface area contributed by atoms with Crippen molar-refractivity contribution in [3.05, 3.63) is 41.2 Å². The Labute approximate surface area is 147 Å². The van der Waals surface area contributed by atoms with Crippen molar-refractivity contribution in [1.29, 1.82) is 0 Å². The van der Waals surface area contributed by atoms with Crippen LogP contribution in [0.25, 0.3) is 0 Å². The van der Waals surface area contributed by atoms with Crippen LogP contribution in [0, 0.1) is 6.92 Å². The van der Waals surface area contributed by atoms with Gasteiger partial charge in [0.15, 0.2) is 5.82 Å². The summed E-state index contributed by atoms with van der Waals surface area (Å²) < 4.78 is 5.54. The molecule has 134 valence electrons. The molecule has 1 N–H and O–H groups in total. The third-order valence-electron chi connectivity index (χ3n) is 5.06. The van der Waals surface area contributed by atoms with Gasteiger partial charge in [0.25, 0.3) is 0 Å². The molecule has 1 aromatic heterocycles. The zero-order valence-corrected chi connectivity index (χ0v) is 15.0. The van der Waals surface area contributed by atoms with Crippen LogP contribution >= 0.6 is 0 Å². The monoisotopic (exact) mass is 343 g/mol. The van der Waals surface area contributed by atoms with E-state index in [2.05, 4.69) is 51.8 Å². The highest BCUT2D eigenvalue weighted by molar-refractivity contribution is 5.88. The lowest BCUT2D eigenvalue weighted by Gasteiger charge is -2.39. The van der Waals surface area contributed by atoms with Gasteiger partial charge in [-0.2, -0.15) is 5.21 Å². The number of nitrogens with one attached hydrogen (secondary N) is 1. The van der Waals surface area contributed by atoms with Crippen LogP contribution in [0.2, 0.25) is 0 Å². The van der Waals surface area contributed by atoms with Crippen molar-refractivity contribution >= 4 is 5.91 Å². The molecule has 7 nitrogen and oxygen atoms in total. The number of tetrazole rings is 1. The van der Waals surface area contributed by atoms with Gasteiger partial charge in [0.2, 0.25) is 5.91 Å². The van der Waals surface area contributed by atoms with E-state index in [9.17, 15) is 4.79 Å². The van der Waals surface area contributed by atoms with E-state index in [-0.39, 0.29) is 11.8 Å². The molecule has 25 heavy (non-hydrogen) atoms. The van der Waals surface area contributed by atoms with Gasteiger partial charge in [-0.3, -0.25) is 4.79 Å². The Morgan fingerprint density at radius 1 is 1.32 bits per heavy atom. The van der Waals surface area contributed by atoms with E-state index >= 15 is 0 Å². The molecule has 1 aliphatic heterocycles. The lowest BCUT2D eigenvalue weighted by Crippen LogP contribution is -2.49. The highest BCUT2D eigenvalue weighted by atomic mass is 16.5. The number of likely N-dealkylation sites (N-methyl/N-ethyl adjacent to an activating group) is 1. The van der Waals surface area contributed by atoms with Crippen molar-refractivity contribution in [3.63, 3.8) is 0 Å². The van der Waals surface area contributed by atoms with Crippen LogP contribution in [0.1, 0.15) is 42.6 Å². The Balaban J connectivity index is 1.82. The number of benzene rings is 1. The Kier molecular flexibility index (Phi) is 5.13. The summed E-state index contributed by atoms with van der Waals surface area (Å²) in [5, 5.41) is 14.1. The molecule has 1 aliphatic rings. The summed E-state index contributed by atoms with van der Waals surface area (Å²) in [6.07, 6.45) is 1.41. The predicted octanol–water partition coefficient (Wildman–Crippen LogP) is 1.82. The molecule has 0 bridgehead atoms. The molecule has 0 saturated carbocycles. The molecule has 7 heteroatoms. The van der Waals surface area contributed by atoms with Crippen molar-refractivity contribution in [2.45, 2.75) is 38.0 Å². The summed E-state index contributed by atoms with van der Waals surface area (Å²) in [5.41, 5.74) is 1.75. The van der Waals surface area contributed by atoms with Crippen LogP contribution in [0.5, 0.6) is 0 Å². The first-order valence-electron chi connectivity index (χ1n) is 8.67. The van der Waals surface area contributed by atoms with Gasteiger partial charge in [0.05, 0.1) is 5.41 Å². The van der Waals surface area contributed by atoms with Gasteiger partial charge >= 0.3 is 0 Å². The molecule has 1 atom stereocenters. The minimum Gasteiger partial charge on any atom is -0.381 e. The van der Waals surface area contributed by atoms with Gasteiger partial charge in [0.1, 0.15) is 0 Å². The standard InChI is InChI=1S/C18H25N5O2/c1-13-4-6-15(7-5-13)18(8-10-25-11-9-18)17(24)23(3)12-14(2)16-19-21-22-20-16/h4-7,14H,8-12H2,1-3H3,(H,19,20,21,22). The Morgan fingerprint density at radius 3 is 2.60 bits per heavy atom. The van der Waals surface area contributed by atoms with Crippen LogP contribution in [0.3, 0.4) is 0 Å². The predicted molar refractivity (Wildman–Crippen MR) is 93.1 cm³/mol. The van der Waals surface area contributed by atoms with Crippen LogP contribution in [-0.4, -0.2) is 58.2 Å². The van der Waals surface area contributed by atoms with Gasteiger partial charge in [0, 0.05) is 32.7 Å². The molecule has 0 spiro atoms. The Morgan fingerprint density at radius 2 is 2.00 bits per heavy atom. The first kappa shape index (κ1) is 17.5. The van der Waals surface area contributed by atoms with Gasteiger partial charge in [-0.1, -0.05) is 42.0 Å². The summed E-state index contributed by atoms with van der Waals surface area (Å²) >= 11 is 0. The third-order valence-corrected chi connectivity index (χ3v) is 5.06. The van der Waals surface area contributed by atoms with E-state index in [0.717, 1.165) is 5.56 Å². The second-order valence-corrected chi connectivity index (χ2v) is 6.92. The van der Waals surface area contributed by atoms with Crippen molar-refractivity contribution in [1.82, 2.24) is 25.5 Å². The number of aromatic nitrogens is 4.